The molecule has 6 nitrogen and oxygen atoms in total. The number of aromatic amines is 1. The van der Waals surface area contributed by atoms with E-state index in [4.69, 9.17) is 9.52 Å². The van der Waals surface area contributed by atoms with Gasteiger partial charge in [0.1, 0.15) is 0 Å². The van der Waals surface area contributed by atoms with E-state index in [0.29, 0.717) is 24.2 Å². The highest BCUT2D eigenvalue weighted by atomic mass is 16.4. The zero-order chi connectivity index (χ0) is 13.4. The number of amides is 1. The maximum atomic E-state index is 11.3. The number of aromatic nitrogens is 1. The molecule has 19 heavy (non-hydrogen) atoms. The highest BCUT2D eigenvalue weighted by Gasteiger charge is 2.25. The second-order valence-corrected chi connectivity index (χ2v) is 4.78. The van der Waals surface area contributed by atoms with E-state index in [9.17, 15) is 9.59 Å². The van der Waals surface area contributed by atoms with Gasteiger partial charge < -0.3 is 14.4 Å². The van der Waals surface area contributed by atoms with Crippen LogP contribution in [0.15, 0.2) is 27.4 Å². The Hall–Kier alpha value is -2.24. The van der Waals surface area contributed by atoms with Gasteiger partial charge in [0.2, 0.25) is 0 Å². The van der Waals surface area contributed by atoms with Crippen molar-refractivity contribution in [2.75, 3.05) is 13.1 Å². The molecule has 0 aliphatic carbocycles. The Morgan fingerprint density at radius 2 is 2.11 bits per heavy atom. The van der Waals surface area contributed by atoms with Crippen LogP contribution in [0.25, 0.3) is 11.1 Å². The maximum absolute atomic E-state index is 11.3. The van der Waals surface area contributed by atoms with E-state index in [1.54, 1.807) is 6.07 Å². The van der Waals surface area contributed by atoms with Crippen LogP contribution in [0.4, 0.5) is 4.79 Å². The van der Waals surface area contributed by atoms with Gasteiger partial charge in [-0.3, -0.25) is 4.98 Å². The van der Waals surface area contributed by atoms with Gasteiger partial charge in [0.25, 0.3) is 0 Å². The molecule has 1 aromatic carbocycles. The first-order chi connectivity index (χ1) is 9.15. The quantitative estimate of drug-likeness (QED) is 0.822. The van der Waals surface area contributed by atoms with Crippen LogP contribution < -0.4 is 5.76 Å². The Balaban J connectivity index is 1.89. The number of carbonyl (C=O) groups is 1. The molecule has 1 aromatic heterocycles. The van der Waals surface area contributed by atoms with Gasteiger partial charge in [-0.15, -0.1) is 0 Å². The molecule has 6 heteroatoms. The molecule has 0 saturated carbocycles. The van der Waals surface area contributed by atoms with Crippen molar-refractivity contribution in [2.24, 2.45) is 0 Å². The number of para-hydroxylation sites is 1. The summed E-state index contributed by atoms with van der Waals surface area (Å²) in [5, 5.41) is 8.93. The number of benzene rings is 1. The van der Waals surface area contributed by atoms with Gasteiger partial charge in [-0.25, -0.2) is 9.59 Å². The number of hydrogen-bond acceptors (Lipinski definition) is 3. The lowest BCUT2D eigenvalue weighted by atomic mass is 9.89. The normalized spacial score (nSPS) is 16.9. The SMILES string of the molecule is O=C(O)N1CCC(c2cccc3[nH]c(=O)oc23)CC1. The van der Waals surface area contributed by atoms with E-state index in [2.05, 4.69) is 4.98 Å². The molecule has 1 aliphatic heterocycles. The number of rotatable bonds is 1. The van der Waals surface area contributed by atoms with Gasteiger partial charge in [-0.05, 0) is 24.8 Å². The highest BCUT2D eigenvalue weighted by molar-refractivity contribution is 5.76. The number of carboxylic acid groups (broad SMARTS) is 1. The third-order valence-corrected chi connectivity index (χ3v) is 3.68. The van der Waals surface area contributed by atoms with Crippen molar-refractivity contribution < 1.29 is 14.3 Å². The van der Waals surface area contributed by atoms with Crippen molar-refractivity contribution in [3.63, 3.8) is 0 Å². The van der Waals surface area contributed by atoms with E-state index in [1.165, 1.54) is 4.90 Å². The van der Waals surface area contributed by atoms with Crippen LogP contribution in [0.1, 0.15) is 24.3 Å². The standard InChI is InChI=1S/C13H14N2O4/c16-12-14-10-3-1-2-9(11(10)19-12)8-4-6-15(7-5-8)13(17)18/h1-3,8H,4-7H2,(H,14,16)(H,17,18). The number of piperidine rings is 1. The molecule has 3 rings (SSSR count). The van der Waals surface area contributed by atoms with Gasteiger partial charge in [0.15, 0.2) is 5.58 Å². The molecule has 1 amide bonds. The van der Waals surface area contributed by atoms with Gasteiger partial charge in [-0.2, -0.15) is 0 Å². The Morgan fingerprint density at radius 1 is 1.37 bits per heavy atom. The Morgan fingerprint density at radius 3 is 2.79 bits per heavy atom. The first-order valence-corrected chi connectivity index (χ1v) is 6.25. The maximum Gasteiger partial charge on any atom is 0.417 e. The molecule has 0 bridgehead atoms. The Bertz CT molecular complexity index is 665. The Kier molecular flexibility index (Phi) is 2.77. The minimum atomic E-state index is -0.871. The van der Waals surface area contributed by atoms with Gasteiger partial charge >= 0.3 is 11.8 Å². The molecule has 1 saturated heterocycles. The van der Waals surface area contributed by atoms with E-state index in [1.807, 2.05) is 12.1 Å². The van der Waals surface area contributed by atoms with Crippen LogP contribution in [0.2, 0.25) is 0 Å². The van der Waals surface area contributed by atoms with E-state index in [0.717, 1.165) is 18.4 Å². The predicted molar refractivity (Wildman–Crippen MR) is 68.4 cm³/mol. The summed E-state index contributed by atoms with van der Waals surface area (Å²) in [7, 11) is 0. The van der Waals surface area contributed by atoms with Crippen LogP contribution in [-0.2, 0) is 0 Å². The van der Waals surface area contributed by atoms with Crippen LogP contribution in [-0.4, -0.2) is 34.2 Å². The fourth-order valence-corrected chi connectivity index (χ4v) is 2.70. The molecule has 0 unspecified atom stereocenters. The fourth-order valence-electron chi connectivity index (χ4n) is 2.70. The van der Waals surface area contributed by atoms with Crippen molar-refractivity contribution in [3.05, 3.63) is 34.3 Å². The number of H-pyrrole nitrogens is 1. The minimum absolute atomic E-state index is 0.234. The summed E-state index contributed by atoms with van der Waals surface area (Å²) in [5.74, 6) is -0.219. The van der Waals surface area contributed by atoms with E-state index >= 15 is 0 Å². The predicted octanol–water partition coefficient (Wildman–Crippen LogP) is 1.98. The number of hydrogen-bond donors (Lipinski definition) is 2. The van der Waals surface area contributed by atoms with Crippen molar-refractivity contribution in [1.82, 2.24) is 9.88 Å². The van der Waals surface area contributed by atoms with Crippen molar-refractivity contribution in [2.45, 2.75) is 18.8 Å². The Labute approximate surface area is 108 Å². The smallest absolute Gasteiger partial charge is 0.417 e. The number of oxazole rings is 1. The van der Waals surface area contributed by atoms with E-state index < -0.39 is 11.8 Å². The second-order valence-electron chi connectivity index (χ2n) is 4.78. The minimum Gasteiger partial charge on any atom is -0.465 e. The third kappa shape index (κ3) is 2.09. The number of fused-ring (bicyclic) bond motifs is 1. The van der Waals surface area contributed by atoms with Gasteiger partial charge in [0, 0.05) is 18.7 Å². The molecule has 0 atom stereocenters. The first-order valence-electron chi connectivity index (χ1n) is 6.25. The summed E-state index contributed by atoms with van der Waals surface area (Å²) < 4.78 is 5.19. The lowest BCUT2D eigenvalue weighted by molar-refractivity contribution is 0.132. The van der Waals surface area contributed by atoms with Crippen LogP contribution in [0.5, 0.6) is 0 Å². The van der Waals surface area contributed by atoms with E-state index in [-0.39, 0.29) is 5.92 Å². The zero-order valence-electron chi connectivity index (χ0n) is 10.3. The third-order valence-electron chi connectivity index (χ3n) is 3.68. The number of nitrogens with one attached hydrogen (secondary N) is 1. The number of likely N-dealkylation sites (tertiary alicyclic amines) is 1. The molecule has 2 heterocycles. The molecule has 100 valence electrons. The summed E-state index contributed by atoms with van der Waals surface area (Å²) >= 11 is 0. The molecule has 1 aliphatic rings. The zero-order valence-corrected chi connectivity index (χ0v) is 10.3. The van der Waals surface area contributed by atoms with Crippen molar-refractivity contribution in [3.8, 4) is 0 Å². The van der Waals surface area contributed by atoms with Crippen LogP contribution in [0, 0.1) is 0 Å². The average Bonchev–Trinajstić information content (AvgIpc) is 2.78. The van der Waals surface area contributed by atoms with Crippen molar-refractivity contribution in [1.29, 1.82) is 0 Å². The average molecular weight is 262 g/mol. The molecule has 2 N–H and O–H groups in total. The summed E-state index contributed by atoms with van der Waals surface area (Å²) in [6, 6.07) is 5.63. The molecule has 1 fully saturated rings. The fraction of sp³-hybridized carbons (Fsp3) is 0.385. The topological polar surface area (TPSA) is 86.5 Å². The van der Waals surface area contributed by atoms with Crippen LogP contribution in [0.3, 0.4) is 0 Å². The summed E-state index contributed by atoms with van der Waals surface area (Å²) in [5.41, 5.74) is 2.28. The lowest BCUT2D eigenvalue weighted by Crippen LogP contribution is -2.36. The summed E-state index contributed by atoms with van der Waals surface area (Å²) in [6.07, 6.45) is 0.630. The lowest BCUT2D eigenvalue weighted by Gasteiger charge is -2.30. The van der Waals surface area contributed by atoms with Gasteiger partial charge in [0.05, 0.1) is 5.52 Å². The largest absolute Gasteiger partial charge is 0.465 e. The number of nitrogens with zero attached hydrogens (tertiary/aromatic N) is 1. The molecule has 0 spiro atoms. The first kappa shape index (κ1) is 11.8. The molecular weight excluding hydrogens is 248 g/mol. The van der Waals surface area contributed by atoms with Crippen LogP contribution >= 0.6 is 0 Å². The monoisotopic (exact) mass is 262 g/mol. The van der Waals surface area contributed by atoms with Gasteiger partial charge in [-0.1, -0.05) is 12.1 Å². The van der Waals surface area contributed by atoms with Crippen molar-refractivity contribution >= 4 is 17.2 Å². The summed E-state index contributed by atoms with van der Waals surface area (Å²) in [6.45, 7) is 1.04. The summed E-state index contributed by atoms with van der Waals surface area (Å²) in [4.78, 5) is 26.2. The molecule has 0 radical (unpaired) electrons. The highest BCUT2D eigenvalue weighted by Crippen LogP contribution is 2.32. The second kappa shape index (κ2) is 4.46. The molecule has 2 aromatic rings. The molecular formula is C13H14N2O4.